The third kappa shape index (κ3) is 0.500. The van der Waals surface area contributed by atoms with Crippen molar-refractivity contribution in [1.82, 2.24) is 10.1 Å². The van der Waals surface area contributed by atoms with E-state index in [-0.39, 0.29) is 0 Å². The fraction of sp³-hybridized carbons (Fsp3) is 0. The van der Waals surface area contributed by atoms with Gasteiger partial charge < -0.3 is 4.52 Å². The van der Waals surface area contributed by atoms with Gasteiger partial charge in [0.25, 0.3) is 0 Å². The first kappa shape index (κ1) is 5.22. The lowest BCUT2D eigenvalue weighted by Gasteiger charge is -1.82. The molecule has 4 nitrogen and oxygen atoms in total. The van der Waals surface area contributed by atoms with Crippen LogP contribution in [0.4, 0.5) is 5.82 Å². The monoisotopic (exact) mass is 135 g/mol. The summed E-state index contributed by atoms with van der Waals surface area (Å²) in [5.74, 6) is 0.587. The third-order valence-electron chi connectivity index (χ3n) is 1.33. The Labute approximate surface area is 56.9 Å². The van der Waals surface area contributed by atoms with Gasteiger partial charge >= 0.3 is 0 Å². The molecular weight excluding hydrogens is 130 g/mol. The van der Waals surface area contributed by atoms with Gasteiger partial charge in [-0.3, -0.25) is 0 Å². The van der Waals surface area contributed by atoms with Crippen LogP contribution < -0.4 is 0 Å². The topological polar surface area (TPSA) is 54.2 Å². The molecule has 10 heavy (non-hydrogen) atoms. The number of hydrogen-bond donors (Lipinski definition) is 1. The molecule has 0 aromatic rings. The highest BCUT2D eigenvalue weighted by Crippen LogP contribution is 2.28. The Kier molecular flexibility index (Phi) is 0.887. The van der Waals surface area contributed by atoms with Crippen molar-refractivity contribution in [1.29, 1.82) is 0 Å². The van der Waals surface area contributed by atoms with E-state index in [0.717, 1.165) is 11.3 Å². The van der Waals surface area contributed by atoms with Gasteiger partial charge in [-0.2, -0.15) is 0 Å². The van der Waals surface area contributed by atoms with Crippen LogP contribution in [-0.4, -0.2) is 16.9 Å². The molecule has 0 fully saturated rings. The zero-order valence-corrected chi connectivity index (χ0v) is 5.16. The van der Waals surface area contributed by atoms with E-state index in [1.165, 1.54) is 0 Å². The summed E-state index contributed by atoms with van der Waals surface area (Å²) in [7, 11) is 0. The molecule has 0 aromatic carbocycles. The van der Waals surface area contributed by atoms with Crippen LogP contribution in [0, 0.1) is 0 Å². The van der Waals surface area contributed by atoms with Gasteiger partial charge in [-0.05, 0) is 6.72 Å². The number of hydrogen-bond acceptors (Lipinski definition) is 3. The second kappa shape index (κ2) is 1.70. The zero-order chi connectivity index (χ0) is 6.97. The van der Waals surface area contributed by atoms with E-state index in [4.69, 9.17) is 4.52 Å². The largest absolute Gasteiger partial charge is 0.389 e. The highest BCUT2D eigenvalue weighted by atomic mass is 16.5. The molecule has 0 saturated carbocycles. The summed E-state index contributed by atoms with van der Waals surface area (Å²) in [5, 5.41) is 2.65. The summed E-state index contributed by atoms with van der Waals surface area (Å²) in [6.45, 7) is 3.36. The van der Waals surface area contributed by atoms with Crippen LogP contribution in [0.2, 0.25) is 0 Å². The fourth-order valence-electron chi connectivity index (χ4n) is 0.855. The van der Waals surface area contributed by atoms with Gasteiger partial charge in [0.15, 0.2) is 5.82 Å². The lowest BCUT2D eigenvalue weighted by atomic mass is 10.3. The molecule has 2 aliphatic rings. The highest BCUT2D eigenvalue weighted by molar-refractivity contribution is 5.71. The molecule has 0 aromatic heterocycles. The Hall–Kier alpha value is -1.58. The number of rotatable bonds is 1. The molecule has 0 saturated heterocycles. The van der Waals surface area contributed by atoms with Gasteiger partial charge in [0, 0.05) is 6.20 Å². The minimum atomic E-state index is 0.587. The van der Waals surface area contributed by atoms with Crippen LogP contribution >= 0.6 is 0 Å². The maximum atomic E-state index is 4.79. The normalized spacial score (nSPS) is 10.4. The van der Waals surface area contributed by atoms with Crippen molar-refractivity contribution >= 4 is 12.5 Å². The summed E-state index contributed by atoms with van der Waals surface area (Å²) in [6.07, 6.45) is 3.26. The number of fused-ring (bicyclic) bond motifs is 1. The molecule has 0 radical (unpaired) electrons. The average Bonchev–Trinajstić information content (AvgIpc) is 2.44. The Bertz CT molecular complexity index is 322. The summed E-state index contributed by atoms with van der Waals surface area (Å²) in [4.78, 5) is 7.63. The summed E-state index contributed by atoms with van der Waals surface area (Å²) in [6, 6.07) is 0. The minimum Gasteiger partial charge on any atom is -0.389 e. The van der Waals surface area contributed by atoms with Gasteiger partial charge in [0.2, 0.25) is 0 Å². The van der Waals surface area contributed by atoms with E-state index in [9.17, 15) is 0 Å². The number of aliphatic imine (C=N–C) groups is 1. The molecule has 50 valence electrons. The van der Waals surface area contributed by atoms with Gasteiger partial charge in [-0.1, -0.05) is 0 Å². The van der Waals surface area contributed by atoms with Crippen LogP contribution in [0.25, 0.3) is 11.3 Å². The van der Waals surface area contributed by atoms with Crippen molar-refractivity contribution in [3.8, 4) is 11.3 Å². The van der Waals surface area contributed by atoms with E-state index >= 15 is 0 Å². The standard InChI is InChI=1S/C6H5N3O/c1-7-6-5-4(2-8-6)3-10-9-5/h2-3,9H,1H2. The molecule has 1 N–H and O–H groups in total. The number of H-pyrrole nitrogens is 1. The van der Waals surface area contributed by atoms with Gasteiger partial charge in [0.05, 0.1) is 5.56 Å². The van der Waals surface area contributed by atoms with Crippen LogP contribution in [0.1, 0.15) is 0 Å². The molecule has 0 aliphatic carbocycles. The van der Waals surface area contributed by atoms with Crippen LogP contribution in [0.3, 0.4) is 0 Å². The first-order chi connectivity index (χ1) is 4.92. The molecule has 0 spiro atoms. The smallest absolute Gasteiger partial charge is 0.179 e. The molecule has 0 unspecified atom stereocenters. The average molecular weight is 135 g/mol. The zero-order valence-electron chi connectivity index (χ0n) is 5.16. The Morgan fingerprint density at radius 2 is 2.60 bits per heavy atom. The molecule has 0 amide bonds. The molecule has 0 atom stereocenters. The van der Waals surface area contributed by atoms with Crippen LogP contribution in [0.15, 0.2) is 22.0 Å². The van der Waals surface area contributed by atoms with E-state index in [1.54, 1.807) is 12.5 Å². The van der Waals surface area contributed by atoms with Crippen molar-refractivity contribution in [3.63, 3.8) is 0 Å². The molecule has 4 heteroatoms. The maximum absolute atomic E-state index is 4.79. The number of aromatic amines is 1. The van der Waals surface area contributed by atoms with E-state index in [0.29, 0.717) is 5.82 Å². The molecular formula is C6H5N3O. The Morgan fingerprint density at radius 1 is 1.70 bits per heavy atom. The van der Waals surface area contributed by atoms with Crippen molar-refractivity contribution in [2.24, 2.45) is 4.99 Å². The summed E-state index contributed by atoms with van der Waals surface area (Å²) < 4.78 is 4.79. The number of nitrogens with zero attached hydrogens (tertiary/aromatic N) is 2. The number of nitrogens with one attached hydrogen (secondary N) is 1. The van der Waals surface area contributed by atoms with E-state index in [2.05, 4.69) is 21.9 Å². The quantitative estimate of drug-likeness (QED) is 0.601. The lowest BCUT2D eigenvalue weighted by molar-refractivity contribution is 0.424. The fourth-order valence-corrected chi connectivity index (χ4v) is 0.855. The Balaban J connectivity index is 2.71. The second-order valence-electron chi connectivity index (χ2n) is 1.91. The predicted molar refractivity (Wildman–Crippen MR) is 36.7 cm³/mol. The van der Waals surface area contributed by atoms with Gasteiger partial charge in [-0.15, -0.1) is 0 Å². The Morgan fingerprint density at radius 3 is 3.40 bits per heavy atom. The minimum absolute atomic E-state index is 0.587. The SMILES string of the molecule is C=Nc1ncc2co[nH]c1-2. The summed E-state index contributed by atoms with van der Waals surface area (Å²) >= 11 is 0. The van der Waals surface area contributed by atoms with Crippen molar-refractivity contribution in [2.45, 2.75) is 0 Å². The maximum Gasteiger partial charge on any atom is 0.179 e. The molecule has 2 aliphatic heterocycles. The first-order valence-electron chi connectivity index (χ1n) is 2.79. The lowest BCUT2D eigenvalue weighted by Crippen LogP contribution is -1.66. The van der Waals surface area contributed by atoms with Gasteiger partial charge in [-0.25, -0.2) is 15.1 Å². The van der Waals surface area contributed by atoms with E-state index < -0.39 is 0 Å². The first-order valence-corrected chi connectivity index (χ1v) is 2.79. The summed E-state index contributed by atoms with van der Waals surface area (Å²) in [5.41, 5.74) is 1.72. The molecule has 2 rings (SSSR count). The van der Waals surface area contributed by atoms with E-state index in [1.807, 2.05) is 0 Å². The molecule has 0 bridgehead atoms. The molecule has 2 heterocycles. The van der Waals surface area contributed by atoms with Crippen LogP contribution in [0.5, 0.6) is 0 Å². The van der Waals surface area contributed by atoms with Crippen molar-refractivity contribution in [2.75, 3.05) is 0 Å². The predicted octanol–water partition coefficient (Wildman–Crippen LogP) is 1.44. The second-order valence-corrected chi connectivity index (χ2v) is 1.91. The number of aromatic nitrogens is 2. The van der Waals surface area contributed by atoms with Crippen LogP contribution in [-0.2, 0) is 0 Å². The van der Waals surface area contributed by atoms with Crippen molar-refractivity contribution in [3.05, 3.63) is 12.5 Å². The third-order valence-corrected chi connectivity index (χ3v) is 1.33. The van der Waals surface area contributed by atoms with Crippen molar-refractivity contribution < 1.29 is 4.52 Å². The highest BCUT2D eigenvalue weighted by Gasteiger charge is 2.11. The van der Waals surface area contributed by atoms with Gasteiger partial charge in [0.1, 0.15) is 12.0 Å².